The first kappa shape index (κ1) is 9.79. The van der Waals surface area contributed by atoms with Crippen LogP contribution in [0.4, 0.5) is 0 Å². The average molecular weight is 210 g/mol. The highest BCUT2D eigenvalue weighted by molar-refractivity contribution is 5.76. The van der Waals surface area contributed by atoms with Crippen molar-refractivity contribution < 1.29 is 24.5 Å². The Morgan fingerprint density at radius 1 is 1.40 bits per heavy atom. The fraction of sp³-hybridized carbons (Fsp3) is 0.300. The molecule has 1 aliphatic heterocycles. The van der Waals surface area contributed by atoms with Crippen LogP contribution >= 0.6 is 0 Å². The number of carboxylic acid groups (broad SMARTS) is 1. The van der Waals surface area contributed by atoms with E-state index in [1.54, 1.807) is 18.2 Å². The van der Waals surface area contributed by atoms with E-state index in [9.17, 15) is 4.79 Å². The molecule has 1 aromatic carbocycles. The van der Waals surface area contributed by atoms with E-state index >= 15 is 0 Å². The van der Waals surface area contributed by atoms with E-state index in [2.05, 4.69) is 0 Å². The van der Waals surface area contributed by atoms with Crippen LogP contribution in [0.5, 0.6) is 11.5 Å². The van der Waals surface area contributed by atoms with E-state index in [1.165, 1.54) is 0 Å². The summed E-state index contributed by atoms with van der Waals surface area (Å²) in [5.41, 5.74) is 0.509. The predicted octanol–water partition coefficient (Wildman–Crippen LogP) is 0.576. The largest absolute Gasteiger partial charge is 0.481 e. The van der Waals surface area contributed by atoms with Gasteiger partial charge in [-0.25, -0.2) is 0 Å². The Hall–Kier alpha value is -1.75. The summed E-state index contributed by atoms with van der Waals surface area (Å²) in [4.78, 5) is 10.8. The van der Waals surface area contributed by atoms with E-state index in [0.717, 1.165) is 0 Å². The average Bonchev–Trinajstić information content (AvgIpc) is 2.65. The van der Waals surface area contributed by atoms with Crippen LogP contribution in [0.1, 0.15) is 11.5 Å². The maximum absolute atomic E-state index is 10.8. The summed E-state index contributed by atoms with van der Waals surface area (Å²) in [6.07, 6.45) is 0. The SMILES string of the molecule is O=C(O)[C@@H](CO)c1ccc2c(c1)OCO2. The summed E-state index contributed by atoms with van der Waals surface area (Å²) < 4.78 is 10.2. The van der Waals surface area contributed by atoms with E-state index in [0.29, 0.717) is 17.1 Å². The number of hydrogen-bond acceptors (Lipinski definition) is 4. The van der Waals surface area contributed by atoms with Crippen molar-refractivity contribution in [2.24, 2.45) is 0 Å². The number of fused-ring (bicyclic) bond motifs is 1. The van der Waals surface area contributed by atoms with Crippen LogP contribution in [-0.4, -0.2) is 29.6 Å². The fourth-order valence-corrected chi connectivity index (χ4v) is 1.46. The lowest BCUT2D eigenvalue weighted by molar-refractivity contribution is -0.139. The molecular weight excluding hydrogens is 200 g/mol. The van der Waals surface area contributed by atoms with Gasteiger partial charge in [0.2, 0.25) is 6.79 Å². The van der Waals surface area contributed by atoms with Gasteiger partial charge in [-0.2, -0.15) is 0 Å². The van der Waals surface area contributed by atoms with Gasteiger partial charge in [0.1, 0.15) is 5.92 Å². The quantitative estimate of drug-likeness (QED) is 0.763. The molecule has 0 amide bonds. The summed E-state index contributed by atoms with van der Waals surface area (Å²) in [5.74, 6) is -0.858. The minimum Gasteiger partial charge on any atom is -0.481 e. The molecule has 15 heavy (non-hydrogen) atoms. The maximum Gasteiger partial charge on any atom is 0.313 e. The molecule has 80 valence electrons. The molecule has 1 aromatic rings. The predicted molar refractivity (Wildman–Crippen MR) is 50.0 cm³/mol. The zero-order valence-corrected chi connectivity index (χ0v) is 7.84. The summed E-state index contributed by atoms with van der Waals surface area (Å²) in [7, 11) is 0. The molecule has 0 aliphatic carbocycles. The molecule has 5 nitrogen and oxygen atoms in total. The first-order valence-corrected chi connectivity index (χ1v) is 4.45. The number of hydrogen-bond donors (Lipinski definition) is 2. The Morgan fingerprint density at radius 2 is 2.13 bits per heavy atom. The van der Waals surface area contributed by atoms with Crippen molar-refractivity contribution in [2.75, 3.05) is 13.4 Å². The van der Waals surface area contributed by atoms with Gasteiger partial charge in [0.15, 0.2) is 11.5 Å². The summed E-state index contributed by atoms with van der Waals surface area (Å²) in [6, 6.07) is 4.84. The van der Waals surface area contributed by atoms with E-state index in [1.807, 2.05) is 0 Å². The van der Waals surface area contributed by atoms with Crippen molar-refractivity contribution in [2.45, 2.75) is 5.92 Å². The van der Waals surface area contributed by atoms with Crippen molar-refractivity contribution in [3.63, 3.8) is 0 Å². The molecule has 1 heterocycles. The van der Waals surface area contributed by atoms with Gasteiger partial charge in [0, 0.05) is 0 Å². The normalized spacial score (nSPS) is 15.0. The van der Waals surface area contributed by atoms with Crippen molar-refractivity contribution in [3.8, 4) is 11.5 Å². The number of ether oxygens (including phenoxy) is 2. The minimum atomic E-state index is -1.06. The van der Waals surface area contributed by atoms with Crippen LogP contribution in [-0.2, 0) is 4.79 Å². The third-order valence-corrected chi connectivity index (χ3v) is 2.28. The van der Waals surface area contributed by atoms with Gasteiger partial charge in [-0.1, -0.05) is 6.07 Å². The smallest absolute Gasteiger partial charge is 0.313 e. The Bertz CT molecular complexity index is 387. The lowest BCUT2D eigenvalue weighted by atomic mass is 10.00. The highest BCUT2D eigenvalue weighted by atomic mass is 16.7. The number of aliphatic hydroxyl groups is 1. The zero-order chi connectivity index (χ0) is 10.8. The molecule has 0 saturated heterocycles. The van der Waals surface area contributed by atoms with Crippen LogP contribution in [0.25, 0.3) is 0 Å². The Morgan fingerprint density at radius 3 is 2.80 bits per heavy atom. The molecule has 5 heteroatoms. The zero-order valence-electron chi connectivity index (χ0n) is 7.84. The second kappa shape index (κ2) is 3.78. The fourth-order valence-electron chi connectivity index (χ4n) is 1.46. The van der Waals surface area contributed by atoms with Crippen molar-refractivity contribution in [1.82, 2.24) is 0 Å². The highest BCUT2D eigenvalue weighted by Crippen LogP contribution is 2.34. The molecule has 0 saturated carbocycles. The van der Waals surface area contributed by atoms with Crippen molar-refractivity contribution in [3.05, 3.63) is 23.8 Å². The number of benzene rings is 1. The van der Waals surface area contributed by atoms with Gasteiger partial charge in [-0.15, -0.1) is 0 Å². The monoisotopic (exact) mass is 210 g/mol. The number of carbonyl (C=O) groups is 1. The lowest BCUT2D eigenvalue weighted by Crippen LogP contribution is -2.15. The highest BCUT2D eigenvalue weighted by Gasteiger charge is 2.22. The molecule has 2 N–H and O–H groups in total. The Kier molecular flexibility index (Phi) is 2.47. The van der Waals surface area contributed by atoms with Crippen LogP contribution in [0.3, 0.4) is 0 Å². The van der Waals surface area contributed by atoms with Gasteiger partial charge in [-0.3, -0.25) is 4.79 Å². The van der Waals surface area contributed by atoms with E-state index < -0.39 is 18.5 Å². The molecule has 0 unspecified atom stereocenters. The molecule has 0 spiro atoms. The molecule has 1 atom stereocenters. The standard InChI is InChI=1S/C10H10O5/c11-4-7(10(12)13)6-1-2-8-9(3-6)15-5-14-8/h1-3,7,11H,4-5H2,(H,12,13)/t7-/m0/s1. The second-order valence-electron chi connectivity index (χ2n) is 3.19. The van der Waals surface area contributed by atoms with Gasteiger partial charge in [-0.05, 0) is 17.7 Å². The molecule has 1 aliphatic rings. The van der Waals surface area contributed by atoms with Crippen molar-refractivity contribution in [1.29, 1.82) is 0 Å². The topological polar surface area (TPSA) is 76.0 Å². The summed E-state index contributed by atoms with van der Waals surface area (Å²) in [6.45, 7) is -0.287. The molecular formula is C10H10O5. The maximum atomic E-state index is 10.8. The molecule has 0 bridgehead atoms. The number of rotatable bonds is 3. The lowest BCUT2D eigenvalue weighted by Gasteiger charge is -2.09. The minimum absolute atomic E-state index is 0.148. The van der Waals surface area contributed by atoms with Crippen LogP contribution in [0.2, 0.25) is 0 Å². The molecule has 0 radical (unpaired) electrons. The van der Waals surface area contributed by atoms with Crippen LogP contribution in [0.15, 0.2) is 18.2 Å². The first-order chi connectivity index (χ1) is 7.22. The molecule has 0 aromatic heterocycles. The molecule has 2 rings (SSSR count). The van der Waals surface area contributed by atoms with E-state index in [-0.39, 0.29) is 6.79 Å². The van der Waals surface area contributed by atoms with Gasteiger partial charge >= 0.3 is 5.97 Å². The number of aliphatic carboxylic acids is 1. The van der Waals surface area contributed by atoms with Gasteiger partial charge in [0.25, 0.3) is 0 Å². The van der Waals surface area contributed by atoms with Crippen LogP contribution < -0.4 is 9.47 Å². The number of carboxylic acids is 1. The second-order valence-corrected chi connectivity index (χ2v) is 3.19. The van der Waals surface area contributed by atoms with Crippen LogP contribution in [0, 0.1) is 0 Å². The van der Waals surface area contributed by atoms with Crippen molar-refractivity contribution >= 4 is 5.97 Å². The van der Waals surface area contributed by atoms with Gasteiger partial charge < -0.3 is 19.7 Å². The Labute approximate surface area is 85.9 Å². The third kappa shape index (κ3) is 1.73. The first-order valence-electron chi connectivity index (χ1n) is 4.45. The Balaban J connectivity index is 2.32. The summed E-state index contributed by atoms with van der Waals surface area (Å²) in [5, 5.41) is 17.8. The third-order valence-electron chi connectivity index (χ3n) is 2.28. The van der Waals surface area contributed by atoms with E-state index in [4.69, 9.17) is 19.7 Å². The number of aliphatic hydroxyl groups excluding tert-OH is 1. The summed E-state index contributed by atoms with van der Waals surface area (Å²) >= 11 is 0. The van der Waals surface area contributed by atoms with Gasteiger partial charge in [0.05, 0.1) is 6.61 Å². The molecule has 0 fully saturated rings.